The van der Waals surface area contributed by atoms with Gasteiger partial charge in [0.1, 0.15) is 11.6 Å². The molecule has 0 aliphatic heterocycles. The summed E-state index contributed by atoms with van der Waals surface area (Å²) in [6.07, 6.45) is 0. The lowest BCUT2D eigenvalue weighted by atomic mass is 10.1. The Morgan fingerprint density at radius 3 is 2.11 bits per heavy atom. The van der Waals surface area contributed by atoms with E-state index in [1.807, 2.05) is 0 Å². The van der Waals surface area contributed by atoms with Crippen LogP contribution in [-0.2, 0) is 14.3 Å². The molecule has 0 spiro atoms. The fourth-order valence-corrected chi connectivity index (χ4v) is 1.45. The van der Waals surface area contributed by atoms with Gasteiger partial charge in [0, 0.05) is 0 Å². The van der Waals surface area contributed by atoms with Crippen molar-refractivity contribution in [3.8, 4) is 0 Å². The van der Waals surface area contributed by atoms with Crippen LogP contribution < -0.4 is 5.73 Å². The summed E-state index contributed by atoms with van der Waals surface area (Å²) in [7, 11) is 1.31. The Labute approximate surface area is 112 Å². The van der Waals surface area contributed by atoms with Crippen LogP contribution in [0.4, 0.5) is 0 Å². The van der Waals surface area contributed by atoms with Gasteiger partial charge < -0.3 is 15.2 Å². The summed E-state index contributed by atoms with van der Waals surface area (Å²) in [5.41, 5.74) is 6.22. The summed E-state index contributed by atoms with van der Waals surface area (Å²) in [6, 6.07) is 5.48. The van der Waals surface area contributed by atoms with Gasteiger partial charge in [-0.3, -0.25) is 0 Å². The predicted molar refractivity (Wildman–Crippen MR) is 70.6 cm³/mol. The first-order valence-corrected chi connectivity index (χ1v) is 5.91. The zero-order chi connectivity index (χ0) is 14.6. The number of carbonyl (C=O) groups excluding carboxylic acids is 2. The number of rotatable bonds is 3. The highest BCUT2D eigenvalue weighted by atomic mass is 16.6. The van der Waals surface area contributed by atoms with Crippen LogP contribution in [-0.4, -0.2) is 24.6 Å². The van der Waals surface area contributed by atoms with Crippen molar-refractivity contribution in [2.75, 3.05) is 7.11 Å². The number of carbonyl (C=O) groups is 2. The largest absolute Gasteiger partial charge is 0.465 e. The van der Waals surface area contributed by atoms with E-state index in [2.05, 4.69) is 4.74 Å². The van der Waals surface area contributed by atoms with E-state index in [0.29, 0.717) is 11.1 Å². The second-order valence-electron chi connectivity index (χ2n) is 5.12. The summed E-state index contributed by atoms with van der Waals surface area (Å²) in [6.45, 7) is 5.33. The first-order chi connectivity index (χ1) is 8.74. The molecule has 1 unspecified atom stereocenters. The molecule has 0 fully saturated rings. The second kappa shape index (κ2) is 5.84. The summed E-state index contributed by atoms with van der Waals surface area (Å²) >= 11 is 0. The lowest BCUT2D eigenvalue weighted by Crippen LogP contribution is -2.31. The molecule has 5 heteroatoms. The molecule has 0 heterocycles. The molecule has 0 saturated carbocycles. The monoisotopic (exact) mass is 265 g/mol. The molecule has 5 nitrogen and oxygen atoms in total. The number of benzene rings is 1. The molecule has 0 amide bonds. The maximum Gasteiger partial charge on any atom is 0.337 e. The van der Waals surface area contributed by atoms with E-state index in [1.54, 1.807) is 45.0 Å². The number of methoxy groups -OCH3 is 1. The molecule has 0 radical (unpaired) electrons. The predicted octanol–water partition coefficient (Wildman–Crippen LogP) is 1.81. The van der Waals surface area contributed by atoms with E-state index in [9.17, 15) is 9.59 Å². The molecule has 1 aromatic rings. The van der Waals surface area contributed by atoms with Gasteiger partial charge in [-0.25, -0.2) is 9.59 Å². The van der Waals surface area contributed by atoms with Gasteiger partial charge in [-0.05, 0) is 38.5 Å². The Morgan fingerprint density at radius 1 is 1.16 bits per heavy atom. The summed E-state index contributed by atoms with van der Waals surface area (Å²) in [5.74, 6) is -0.935. The topological polar surface area (TPSA) is 78.6 Å². The molecule has 19 heavy (non-hydrogen) atoms. The van der Waals surface area contributed by atoms with Crippen LogP contribution >= 0.6 is 0 Å². The molecule has 104 valence electrons. The molecule has 0 bridgehead atoms. The standard InChI is InChI=1S/C14H19NO4/c1-14(2,3)19-13(17)11(15)9-5-7-10(8-6-9)12(16)18-4/h5-8,11H,15H2,1-4H3. The van der Waals surface area contributed by atoms with Crippen molar-refractivity contribution in [2.24, 2.45) is 5.73 Å². The average Bonchev–Trinajstić information content (AvgIpc) is 2.35. The fourth-order valence-electron chi connectivity index (χ4n) is 1.45. The first kappa shape index (κ1) is 15.2. The van der Waals surface area contributed by atoms with Gasteiger partial charge in [0.05, 0.1) is 12.7 Å². The average molecular weight is 265 g/mol. The third-order valence-corrected chi connectivity index (χ3v) is 2.35. The van der Waals surface area contributed by atoms with Crippen LogP contribution in [0.15, 0.2) is 24.3 Å². The quantitative estimate of drug-likeness (QED) is 0.843. The highest BCUT2D eigenvalue weighted by molar-refractivity contribution is 5.89. The van der Waals surface area contributed by atoms with Crippen LogP contribution in [0, 0.1) is 0 Å². The van der Waals surface area contributed by atoms with E-state index < -0.39 is 23.6 Å². The van der Waals surface area contributed by atoms with Crippen molar-refractivity contribution >= 4 is 11.9 Å². The van der Waals surface area contributed by atoms with Gasteiger partial charge in [0.15, 0.2) is 0 Å². The Balaban J connectivity index is 2.80. The SMILES string of the molecule is COC(=O)c1ccc(C(N)C(=O)OC(C)(C)C)cc1. The van der Waals surface area contributed by atoms with E-state index >= 15 is 0 Å². The number of nitrogens with two attached hydrogens (primary N) is 1. The van der Waals surface area contributed by atoms with Crippen molar-refractivity contribution in [1.82, 2.24) is 0 Å². The molecule has 1 aromatic carbocycles. The maximum atomic E-state index is 11.8. The Morgan fingerprint density at radius 2 is 1.68 bits per heavy atom. The van der Waals surface area contributed by atoms with Crippen LogP contribution in [0.1, 0.15) is 42.7 Å². The molecule has 0 saturated heterocycles. The number of ether oxygens (including phenoxy) is 2. The van der Waals surface area contributed by atoms with Gasteiger partial charge in [-0.2, -0.15) is 0 Å². The second-order valence-corrected chi connectivity index (χ2v) is 5.12. The van der Waals surface area contributed by atoms with Crippen LogP contribution in [0.2, 0.25) is 0 Å². The minimum absolute atomic E-state index is 0.405. The van der Waals surface area contributed by atoms with Crippen molar-refractivity contribution in [2.45, 2.75) is 32.4 Å². The molecule has 0 aliphatic rings. The van der Waals surface area contributed by atoms with E-state index in [4.69, 9.17) is 10.5 Å². The molecule has 0 aliphatic carbocycles. The third kappa shape index (κ3) is 4.37. The van der Waals surface area contributed by atoms with Crippen LogP contribution in [0.5, 0.6) is 0 Å². The summed E-state index contributed by atoms with van der Waals surface area (Å²) in [5, 5.41) is 0. The Bertz CT molecular complexity index is 459. The minimum atomic E-state index is -0.870. The Kier molecular flexibility index (Phi) is 4.67. The van der Waals surface area contributed by atoms with Crippen molar-refractivity contribution in [3.63, 3.8) is 0 Å². The van der Waals surface area contributed by atoms with Crippen LogP contribution in [0.25, 0.3) is 0 Å². The minimum Gasteiger partial charge on any atom is -0.465 e. The lowest BCUT2D eigenvalue weighted by Gasteiger charge is -2.22. The number of hydrogen-bond acceptors (Lipinski definition) is 5. The zero-order valence-corrected chi connectivity index (χ0v) is 11.6. The third-order valence-electron chi connectivity index (χ3n) is 2.35. The van der Waals surface area contributed by atoms with Gasteiger partial charge in [-0.15, -0.1) is 0 Å². The summed E-state index contributed by atoms with van der Waals surface area (Å²) in [4.78, 5) is 23.1. The van der Waals surface area contributed by atoms with Gasteiger partial charge in [-0.1, -0.05) is 12.1 Å². The van der Waals surface area contributed by atoms with E-state index in [1.165, 1.54) is 7.11 Å². The molecule has 0 aromatic heterocycles. The van der Waals surface area contributed by atoms with Crippen molar-refractivity contribution in [3.05, 3.63) is 35.4 Å². The smallest absolute Gasteiger partial charge is 0.337 e. The molecular weight excluding hydrogens is 246 g/mol. The van der Waals surface area contributed by atoms with Crippen LogP contribution in [0.3, 0.4) is 0 Å². The zero-order valence-electron chi connectivity index (χ0n) is 11.6. The maximum absolute atomic E-state index is 11.8. The highest BCUT2D eigenvalue weighted by Crippen LogP contribution is 2.17. The van der Waals surface area contributed by atoms with Crippen molar-refractivity contribution in [1.29, 1.82) is 0 Å². The normalized spacial score (nSPS) is 12.7. The Hall–Kier alpha value is -1.88. The molecular formula is C14H19NO4. The molecule has 2 N–H and O–H groups in total. The van der Waals surface area contributed by atoms with E-state index in [0.717, 1.165) is 0 Å². The molecule has 1 rings (SSSR count). The van der Waals surface area contributed by atoms with E-state index in [-0.39, 0.29) is 0 Å². The van der Waals surface area contributed by atoms with Gasteiger partial charge in [0.25, 0.3) is 0 Å². The first-order valence-electron chi connectivity index (χ1n) is 5.91. The number of esters is 2. The number of hydrogen-bond donors (Lipinski definition) is 1. The lowest BCUT2D eigenvalue weighted by molar-refractivity contribution is -0.156. The fraction of sp³-hybridized carbons (Fsp3) is 0.429. The highest BCUT2D eigenvalue weighted by Gasteiger charge is 2.23. The van der Waals surface area contributed by atoms with Gasteiger partial charge in [0.2, 0.25) is 0 Å². The molecule has 1 atom stereocenters. The van der Waals surface area contributed by atoms with Gasteiger partial charge >= 0.3 is 11.9 Å². The van der Waals surface area contributed by atoms with Crippen molar-refractivity contribution < 1.29 is 19.1 Å². The summed E-state index contributed by atoms with van der Waals surface area (Å²) < 4.78 is 9.79.